The van der Waals surface area contributed by atoms with Crippen molar-refractivity contribution in [1.82, 2.24) is 14.5 Å². The molecule has 1 amide bonds. The smallest absolute Gasteiger partial charge is 0.275 e. The Morgan fingerprint density at radius 3 is 2.92 bits per heavy atom. The van der Waals surface area contributed by atoms with Gasteiger partial charge in [-0.2, -0.15) is 0 Å². The third kappa shape index (κ3) is 3.02. The Balaban J connectivity index is 1.53. The number of thiazole rings is 1. The fraction of sp³-hybridized carbons (Fsp3) is 0.0556. The minimum Gasteiger partial charge on any atom is -0.462 e. The Kier molecular flexibility index (Phi) is 4.10. The van der Waals surface area contributed by atoms with Crippen LogP contribution in [0.4, 0.5) is 10.1 Å². The number of hydrogen-bond acceptors (Lipinski definition) is 5. The minimum atomic E-state index is -0.460. The maximum Gasteiger partial charge on any atom is 0.275 e. The minimum absolute atomic E-state index is 0.247. The van der Waals surface area contributed by atoms with Crippen molar-refractivity contribution in [1.29, 1.82) is 0 Å². The van der Waals surface area contributed by atoms with Gasteiger partial charge >= 0.3 is 0 Å². The molecule has 0 aliphatic rings. The van der Waals surface area contributed by atoms with E-state index >= 15 is 0 Å². The van der Waals surface area contributed by atoms with Crippen LogP contribution in [-0.2, 0) is 0 Å². The Bertz CT molecular complexity index is 1070. The zero-order valence-electron chi connectivity index (χ0n) is 13.6. The van der Waals surface area contributed by atoms with E-state index in [0.717, 1.165) is 0 Å². The molecule has 0 saturated carbocycles. The molecule has 26 heavy (non-hydrogen) atoms. The number of rotatable bonds is 4. The monoisotopic (exact) mass is 368 g/mol. The summed E-state index contributed by atoms with van der Waals surface area (Å²) >= 11 is 1.30. The lowest BCUT2D eigenvalue weighted by Crippen LogP contribution is -2.12. The summed E-state index contributed by atoms with van der Waals surface area (Å²) in [5, 5.41) is 4.89. The molecule has 0 radical (unpaired) electrons. The molecule has 0 atom stereocenters. The second-order valence-electron chi connectivity index (χ2n) is 5.48. The van der Waals surface area contributed by atoms with Gasteiger partial charge in [0.25, 0.3) is 5.91 Å². The Morgan fingerprint density at radius 1 is 1.35 bits per heavy atom. The van der Waals surface area contributed by atoms with Crippen LogP contribution in [0.5, 0.6) is 0 Å². The number of benzene rings is 1. The number of nitrogens with one attached hydrogen (secondary N) is 1. The second-order valence-corrected chi connectivity index (χ2v) is 6.34. The van der Waals surface area contributed by atoms with Gasteiger partial charge in [-0.3, -0.25) is 4.79 Å². The van der Waals surface area contributed by atoms with E-state index in [4.69, 9.17) is 4.42 Å². The van der Waals surface area contributed by atoms with Crippen LogP contribution in [0.25, 0.3) is 16.5 Å². The quantitative estimate of drug-likeness (QED) is 0.583. The highest BCUT2D eigenvalue weighted by atomic mass is 32.1. The van der Waals surface area contributed by atoms with Crippen LogP contribution in [-0.4, -0.2) is 20.4 Å². The molecule has 0 aliphatic heterocycles. The number of carbonyl (C=O) groups is 1. The van der Waals surface area contributed by atoms with Crippen LogP contribution in [0.3, 0.4) is 0 Å². The Morgan fingerprint density at radius 2 is 2.23 bits per heavy atom. The summed E-state index contributed by atoms with van der Waals surface area (Å²) in [5.74, 6) is 0.400. The SMILES string of the molecule is Cc1nccn1-c1ccc(NC(=O)c2csc(-c3ccco3)n2)cc1F. The largest absolute Gasteiger partial charge is 0.462 e. The van der Waals surface area contributed by atoms with Crippen LogP contribution in [0.15, 0.2) is 58.8 Å². The van der Waals surface area contributed by atoms with Gasteiger partial charge < -0.3 is 14.3 Å². The van der Waals surface area contributed by atoms with Gasteiger partial charge in [-0.15, -0.1) is 11.3 Å². The van der Waals surface area contributed by atoms with Crippen molar-refractivity contribution in [2.24, 2.45) is 0 Å². The number of carbonyl (C=O) groups excluding carboxylic acids is 1. The van der Waals surface area contributed by atoms with Gasteiger partial charge in [0.05, 0.1) is 12.0 Å². The first-order chi connectivity index (χ1) is 12.6. The summed E-state index contributed by atoms with van der Waals surface area (Å²) in [6.45, 7) is 1.79. The number of anilines is 1. The summed E-state index contributed by atoms with van der Waals surface area (Å²) in [6.07, 6.45) is 4.82. The molecule has 1 N–H and O–H groups in total. The summed E-state index contributed by atoms with van der Waals surface area (Å²) in [5.41, 5.74) is 0.963. The van der Waals surface area contributed by atoms with Crippen molar-refractivity contribution in [3.05, 3.63) is 71.7 Å². The van der Waals surface area contributed by atoms with E-state index < -0.39 is 11.7 Å². The molecular formula is C18H13FN4O2S. The van der Waals surface area contributed by atoms with Crippen molar-refractivity contribution in [2.75, 3.05) is 5.32 Å². The summed E-state index contributed by atoms with van der Waals surface area (Å²) in [7, 11) is 0. The van der Waals surface area contributed by atoms with E-state index in [1.807, 2.05) is 0 Å². The molecule has 0 bridgehead atoms. The third-order valence-corrected chi connectivity index (χ3v) is 4.62. The molecule has 6 nitrogen and oxygen atoms in total. The molecule has 8 heteroatoms. The fourth-order valence-corrected chi connectivity index (χ4v) is 3.27. The molecule has 0 saturated heterocycles. The van der Waals surface area contributed by atoms with Gasteiger partial charge in [0.2, 0.25) is 0 Å². The number of imidazole rings is 1. The predicted octanol–water partition coefficient (Wildman–Crippen LogP) is 4.29. The van der Waals surface area contributed by atoms with Crippen molar-refractivity contribution in [3.8, 4) is 16.5 Å². The first-order valence-electron chi connectivity index (χ1n) is 7.72. The molecule has 0 fully saturated rings. The zero-order chi connectivity index (χ0) is 18.1. The topological polar surface area (TPSA) is 73.0 Å². The average molecular weight is 368 g/mol. The molecular weight excluding hydrogens is 355 g/mol. The van der Waals surface area contributed by atoms with E-state index in [-0.39, 0.29) is 5.69 Å². The fourth-order valence-electron chi connectivity index (χ4n) is 2.50. The summed E-state index contributed by atoms with van der Waals surface area (Å²) < 4.78 is 21.3. The van der Waals surface area contributed by atoms with E-state index in [0.29, 0.717) is 28.0 Å². The number of furan rings is 1. The Labute approximate surface area is 152 Å². The van der Waals surface area contributed by atoms with Crippen LogP contribution >= 0.6 is 11.3 Å². The first kappa shape index (κ1) is 16.2. The van der Waals surface area contributed by atoms with Crippen LogP contribution in [0.2, 0.25) is 0 Å². The summed E-state index contributed by atoms with van der Waals surface area (Å²) in [6, 6.07) is 8.02. The maximum absolute atomic E-state index is 14.4. The van der Waals surface area contributed by atoms with E-state index in [9.17, 15) is 9.18 Å². The first-order valence-corrected chi connectivity index (χ1v) is 8.60. The number of hydrogen-bond donors (Lipinski definition) is 1. The molecule has 0 unspecified atom stereocenters. The van der Waals surface area contributed by atoms with E-state index in [2.05, 4.69) is 15.3 Å². The molecule has 4 aromatic rings. The molecule has 0 aliphatic carbocycles. The highest BCUT2D eigenvalue weighted by Gasteiger charge is 2.15. The van der Waals surface area contributed by atoms with Gasteiger partial charge in [0, 0.05) is 23.5 Å². The van der Waals surface area contributed by atoms with E-state index in [1.54, 1.807) is 59.8 Å². The van der Waals surface area contributed by atoms with Crippen molar-refractivity contribution in [3.63, 3.8) is 0 Å². The highest BCUT2D eigenvalue weighted by Crippen LogP contribution is 2.25. The second kappa shape index (κ2) is 6.57. The van der Waals surface area contributed by atoms with E-state index in [1.165, 1.54) is 17.4 Å². The number of aryl methyl sites for hydroxylation is 1. The lowest BCUT2D eigenvalue weighted by Gasteiger charge is -2.09. The number of amides is 1. The summed E-state index contributed by atoms with van der Waals surface area (Å²) in [4.78, 5) is 20.7. The Hall–Kier alpha value is -3.26. The normalized spacial score (nSPS) is 10.8. The molecule has 4 rings (SSSR count). The zero-order valence-corrected chi connectivity index (χ0v) is 14.5. The standard InChI is InChI=1S/C18H13FN4O2S/c1-11-20-6-7-23(11)15-5-4-12(9-13(15)19)21-17(24)14-10-26-18(22-14)16-3-2-8-25-16/h2-10H,1H3,(H,21,24). The van der Waals surface area contributed by atoms with Crippen LogP contribution < -0.4 is 5.32 Å². The number of nitrogens with zero attached hydrogens (tertiary/aromatic N) is 3. The van der Waals surface area contributed by atoms with Gasteiger partial charge in [0.15, 0.2) is 10.8 Å². The van der Waals surface area contributed by atoms with Gasteiger partial charge in [-0.05, 0) is 37.3 Å². The molecule has 1 aromatic carbocycles. The van der Waals surface area contributed by atoms with Crippen molar-refractivity contribution >= 4 is 22.9 Å². The maximum atomic E-state index is 14.4. The van der Waals surface area contributed by atoms with Gasteiger partial charge in [-0.25, -0.2) is 14.4 Å². The highest BCUT2D eigenvalue weighted by molar-refractivity contribution is 7.13. The van der Waals surface area contributed by atoms with Crippen LogP contribution in [0, 0.1) is 12.7 Å². The number of halogens is 1. The molecule has 3 aromatic heterocycles. The number of aromatic nitrogens is 3. The lowest BCUT2D eigenvalue weighted by atomic mass is 10.2. The van der Waals surface area contributed by atoms with Crippen molar-refractivity contribution < 1.29 is 13.6 Å². The molecule has 3 heterocycles. The predicted molar refractivity (Wildman–Crippen MR) is 96.0 cm³/mol. The van der Waals surface area contributed by atoms with Gasteiger partial charge in [-0.1, -0.05) is 0 Å². The lowest BCUT2D eigenvalue weighted by molar-refractivity contribution is 0.102. The van der Waals surface area contributed by atoms with Crippen molar-refractivity contribution in [2.45, 2.75) is 6.92 Å². The molecule has 130 valence electrons. The molecule has 0 spiro atoms. The third-order valence-electron chi connectivity index (χ3n) is 3.76. The van der Waals surface area contributed by atoms with Crippen LogP contribution in [0.1, 0.15) is 16.3 Å². The van der Waals surface area contributed by atoms with Gasteiger partial charge in [0.1, 0.15) is 17.3 Å². The average Bonchev–Trinajstić information content (AvgIpc) is 3.36.